The van der Waals surface area contributed by atoms with Gasteiger partial charge in [0.1, 0.15) is 0 Å². The second kappa shape index (κ2) is 5.90. The maximum Gasteiger partial charge on any atom is 0.0574 e. The molecule has 3 heteroatoms. The normalized spacial score (nSPS) is 12.4. The number of rotatable bonds is 3. The van der Waals surface area contributed by atoms with Crippen LogP contribution in [0.5, 0.6) is 0 Å². The molecule has 0 aliphatic carbocycles. The smallest absolute Gasteiger partial charge is 0.0574 e. The van der Waals surface area contributed by atoms with Crippen LogP contribution in [0.15, 0.2) is 76.1 Å². The van der Waals surface area contributed by atoms with E-state index in [1.807, 2.05) is 54.6 Å². The standard InChI is InChI=1S/C17H13BrOS/c18-17-8-4-3-7-15(17)12-20(19)16-10-9-13-5-1-2-6-14(13)11-16/h1-11H,12H2. The molecule has 0 aliphatic heterocycles. The first-order valence-electron chi connectivity index (χ1n) is 6.34. The van der Waals surface area contributed by atoms with E-state index in [1.165, 1.54) is 5.39 Å². The van der Waals surface area contributed by atoms with Crippen LogP contribution in [0.4, 0.5) is 0 Å². The van der Waals surface area contributed by atoms with E-state index >= 15 is 0 Å². The Labute approximate surface area is 129 Å². The fraction of sp³-hybridized carbons (Fsp3) is 0.0588. The van der Waals surface area contributed by atoms with Gasteiger partial charge in [-0.15, -0.1) is 0 Å². The average Bonchev–Trinajstić information content (AvgIpc) is 2.49. The molecule has 20 heavy (non-hydrogen) atoms. The van der Waals surface area contributed by atoms with Crippen LogP contribution >= 0.6 is 15.9 Å². The highest BCUT2D eigenvalue weighted by Crippen LogP contribution is 2.22. The molecule has 3 rings (SSSR count). The summed E-state index contributed by atoms with van der Waals surface area (Å²) < 4.78 is 13.5. The van der Waals surface area contributed by atoms with Crippen molar-refractivity contribution in [2.75, 3.05) is 0 Å². The summed E-state index contributed by atoms with van der Waals surface area (Å²) in [7, 11) is -1.03. The summed E-state index contributed by atoms with van der Waals surface area (Å²) in [5.74, 6) is 0.528. The van der Waals surface area contributed by atoms with Gasteiger partial charge in [-0.25, -0.2) is 0 Å². The molecule has 0 aliphatic rings. The number of fused-ring (bicyclic) bond motifs is 1. The predicted molar refractivity (Wildman–Crippen MR) is 88.2 cm³/mol. The molecule has 3 aromatic rings. The Morgan fingerprint density at radius 2 is 1.55 bits per heavy atom. The second-order valence-corrected chi connectivity index (χ2v) is 6.90. The molecule has 0 aromatic heterocycles. The summed E-state index contributed by atoms with van der Waals surface area (Å²) in [6.45, 7) is 0. The van der Waals surface area contributed by atoms with Crippen molar-refractivity contribution in [3.05, 3.63) is 76.8 Å². The van der Waals surface area contributed by atoms with Gasteiger partial charge in [-0.1, -0.05) is 64.5 Å². The zero-order valence-electron chi connectivity index (χ0n) is 10.8. The van der Waals surface area contributed by atoms with Gasteiger partial charge in [-0.2, -0.15) is 0 Å². The Bertz CT molecular complexity index is 783. The van der Waals surface area contributed by atoms with E-state index in [9.17, 15) is 4.21 Å². The van der Waals surface area contributed by atoms with Crippen LogP contribution < -0.4 is 0 Å². The lowest BCUT2D eigenvalue weighted by Gasteiger charge is -2.06. The van der Waals surface area contributed by atoms with Crippen LogP contribution in [-0.2, 0) is 16.6 Å². The minimum atomic E-state index is -1.03. The van der Waals surface area contributed by atoms with Crippen LogP contribution in [0.1, 0.15) is 5.56 Å². The van der Waals surface area contributed by atoms with E-state index in [4.69, 9.17) is 0 Å². The van der Waals surface area contributed by atoms with Gasteiger partial charge in [0.2, 0.25) is 0 Å². The Balaban J connectivity index is 1.91. The van der Waals surface area contributed by atoms with Crippen LogP contribution in [0, 0.1) is 0 Å². The fourth-order valence-electron chi connectivity index (χ4n) is 2.15. The number of benzene rings is 3. The molecule has 0 saturated heterocycles. The lowest BCUT2D eigenvalue weighted by Crippen LogP contribution is -1.97. The lowest BCUT2D eigenvalue weighted by atomic mass is 10.1. The van der Waals surface area contributed by atoms with Crippen LogP contribution in [0.2, 0.25) is 0 Å². The monoisotopic (exact) mass is 344 g/mol. The molecule has 3 aromatic carbocycles. The van der Waals surface area contributed by atoms with E-state index in [1.54, 1.807) is 0 Å². The molecule has 0 saturated carbocycles. The molecule has 0 N–H and O–H groups in total. The van der Waals surface area contributed by atoms with E-state index in [0.717, 1.165) is 20.3 Å². The molecule has 0 spiro atoms. The quantitative estimate of drug-likeness (QED) is 0.659. The minimum Gasteiger partial charge on any atom is -0.254 e. The third-order valence-corrected chi connectivity index (χ3v) is 5.35. The molecule has 0 radical (unpaired) electrons. The first-order valence-corrected chi connectivity index (χ1v) is 8.46. The summed E-state index contributed by atoms with van der Waals surface area (Å²) in [6, 6.07) is 22.0. The predicted octanol–water partition coefficient (Wildman–Crippen LogP) is 4.91. The van der Waals surface area contributed by atoms with Gasteiger partial charge in [-0.05, 0) is 34.5 Å². The average molecular weight is 345 g/mol. The summed E-state index contributed by atoms with van der Waals surface area (Å²) in [4.78, 5) is 0.874. The van der Waals surface area contributed by atoms with Crippen molar-refractivity contribution >= 4 is 37.5 Å². The van der Waals surface area contributed by atoms with Crippen molar-refractivity contribution in [2.45, 2.75) is 10.6 Å². The van der Waals surface area contributed by atoms with Gasteiger partial charge in [0.05, 0.1) is 16.6 Å². The van der Waals surface area contributed by atoms with E-state index in [-0.39, 0.29) is 0 Å². The molecule has 0 fully saturated rings. The molecule has 0 heterocycles. The highest BCUT2D eigenvalue weighted by molar-refractivity contribution is 9.10. The molecular weight excluding hydrogens is 332 g/mol. The largest absolute Gasteiger partial charge is 0.254 e. The van der Waals surface area contributed by atoms with Crippen molar-refractivity contribution in [1.82, 2.24) is 0 Å². The number of hydrogen-bond acceptors (Lipinski definition) is 1. The molecule has 0 bridgehead atoms. The molecule has 0 amide bonds. The maximum absolute atomic E-state index is 12.5. The highest BCUT2D eigenvalue weighted by atomic mass is 79.9. The van der Waals surface area contributed by atoms with Gasteiger partial charge in [0.15, 0.2) is 0 Å². The number of halogens is 1. The SMILES string of the molecule is O=S(Cc1ccccc1Br)c1ccc2ccccc2c1. The molecular formula is C17H13BrOS. The van der Waals surface area contributed by atoms with Crippen molar-refractivity contribution in [3.63, 3.8) is 0 Å². The van der Waals surface area contributed by atoms with Crippen LogP contribution in [-0.4, -0.2) is 4.21 Å². The van der Waals surface area contributed by atoms with Crippen LogP contribution in [0.25, 0.3) is 10.8 Å². The lowest BCUT2D eigenvalue weighted by molar-refractivity contribution is 0.682. The first-order chi connectivity index (χ1) is 9.74. The molecule has 100 valence electrons. The third kappa shape index (κ3) is 2.84. The zero-order chi connectivity index (χ0) is 13.9. The molecule has 1 unspecified atom stereocenters. The summed E-state index contributed by atoms with van der Waals surface area (Å²) in [5, 5.41) is 2.31. The van der Waals surface area contributed by atoms with Crippen molar-refractivity contribution in [3.8, 4) is 0 Å². The topological polar surface area (TPSA) is 17.1 Å². The summed E-state index contributed by atoms with van der Waals surface area (Å²) in [6.07, 6.45) is 0. The summed E-state index contributed by atoms with van der Waals surface area (Å²) in [5.41, 5.74) is 1.07. The zero-order valence-corrected chi connectivity index (χ0v) is 13.2. The van der Waals surface area contributed by atoms with Crippen molar-refractivity contribution in [2.24, 2.45) is 0 Å². The fourth-order valence-corrected chi connectivity index (χ4v) is 3.94. The first kappa shape index (κ1) is 13.5. The van der Waals surface area contributed by atoms with Gasteiger partial charge >= 0.3 is 0 Å². The van der Waals surface area contributed by atoms with E-state index in [2.05, 4.69) is 28.1 Å². The highest BCUT2D eigenvalue weighted by Gasteiger charge is 2.08. The Morgan fingerprint density at radius 1 is 0.850 bits per heavy atom. The van der Waals surface area contributed by atoms with E-state index < -0.39 is 10.8 Å². The van der Waals surface area contributed by atoms with Crippen LogP contribution in [0.3, 0.4) is 0 Å². The number of hydrogen-bond donors (Lipinski definition) is 0. The molecule has 1 nitrogen and oxygen atoms in total. The van der Waals surface area contributed by atoms with Gasteiger partial charge in [0, 0.05) is 9.37 Å². The van der Waals surface area contributed by atoms with Crippen molar-refractivity contribution < 1.29 is 4.21 Å². The van der Waals surface area contributed by atoms with Gasteiger partial charge in [0.25, 0.3) is 0 Å². The minimum absolute atomic E-state index is 0.528. The van der Waals surface area contributed by atoms with Crippen molar-refractivity contribution in [1.29, 1.82) is 0 Å². The van der Waals surface area contributed by atoms with Gasteiger partial charge in [-0.3, -0.25) is 4.21 Å². The Kier molecular flexibility index (Phi) is 3.99. The Morgan fingerprint density at radius 3 is 2.35 bits per heavy atom. The Hall–Kier alpha value is -1.45. The summed E-state index contributed by atoms with van der Waals surface area (Å²) >= 11 is 3.50. The van der Waals surface area contributed by atoms with E-state index in [0.29, 0.717) is 5.75 Å². The van der Waals surface area contributed by atoms with Gasteiger partial charge < -0.3 is 0 Å². The third-order valence-electron chi connectivity index (χ3n) is 3.23. The maximum atomic E-state index is 12.5. The molecule has 1 atom stereocenters. The second-order valence-electron chi connectivity index (χ2n) is 4.59.